The highest BCUT2D eigenvalue weighted by Crippen LogP contribution is 2.34. The molecule has 3 N–H and O–H groups in total. The van der Waals surface area contributed by atoms with E-state index >= 15 is 0 Å². The van der Waals surface area contributed by atoms with Gasteiger partial charge in [-0.2, -0.15) is 0 Å². The van der Waals surface area contributed by atoms with Crippen LogP contribution in [0.5, 0.6) is 0 Å². The van der Waals surface area contributed by atoms with Crippen molar-refractivity contribution in [1.29, 1.82) is 0 Å². The molecule has 4 heteroatoms. The quantitative estimate of drug-likeness (QED) is 0.630. The number of hydrogen-bond donors (Lipinski definition) is 2. The van der Waals surface area contributed by atoms with Crippen LogP contribution in [0.25, 0.3) is 0 Å². The van der Waals surface area contributed by atoms with Crippen molar-refractivity contribution in [2.75, 3.05) is 0 Å². The molecule has 102 valence electrons. The third kappa shape index (κ3) is 3.80. The Hall–Kier alpha value is 0.1000. The molecule has 1 aromatic rings. The van der Waals surface area contributed by atoms with Gasteiger partial charge in [-0.3, -0.25) is 11.3 Å². The Labute approximate surface area is 122 Å². The molecule has 1 aliphatic rings. The second-order valence-corrected chi connectivity index (χ2v) is 7.31. The Morgan fingerprint density at radius 3 is 2.67 bits per heavy atom. The minimum absolute atomic E-state index is 0.438. The fourth-order valence-electron chi connectivity index (χ4n) is 3.04. The lowest BCUT2D eigenvalue weighted by Gasteiger charge is -2.33. The maximum absolute atomic E-state index is 5.77. The molecule has 1 aromatic heterocycles. The Bertz CT molecular complexity index is 358. The fourth-order valence-corrected chi connectivity index (χ4v) is 4.55. The van der Waals surface area contributed by atoms with E-state index in [4.69, 9.17) is 5.84 Å². The number of nitrogens with two attached hydrogens (primary N) is 1. The topological polar surface area (TPSA) is 38.0 Å². The summed E-state index contributed by atoms with van der Waals surface area (Å²) in [6, 6.07) is 2.65. The van der Waals surface area contributed by atoms with Crippen LogP contribution < -0.4 is 11.3 Å². The van der Waals surface area contributed by atoms with Gasteiger partial charge in [-0.1, -0.05) is 26.2 Å². The van der Waals surface area contributed by atoms with Crippen LogP contribution in [0.3, 0.4) is 0 Å². The summed E-state index contributed by atoms with van der Waals surface area (Å²) in [6.45, 7) is 2.31. The average Bonchev–Trinajstić information content (AvgIpc) is 2.82. The molecule has 0 aromatic carbocycles. The lowest BCUT2D eigenvalue weighted by atomic mass is 9.77. The number of nitrogens with one attached hydrogen (secondary N) is 1. The van der Waals surface area contributed by atoms with Crippen molar-refractivity contribution in [2.45, 2.75) is 51.5 Å². The van der Waals surface area contributed by atoms with E-state index in [1.165, 1.54) is 41.5 Å². The molecule has 1 aliphatic carbocycles. The number of halogens is 1. The standard InChI is InChI=1S/C14H23BrN2S/c1-2-10-3-5-11(6-4-10)14(17-16)8-13-7-12(15)9-18-13/h7,9-11,14,17H,2-6,8,16H2,1H3. The maximum Gasteiger partial charge on any atom is 0.0287 e. The van der Waals surface area contributed by atoms with Crippen molar-refractivity contribution in [3.63, 3.8) is 0 Å². The third-order valence-electron chi connectivity index (χ3n) is 4.29. The number of hydrazine groups is 1. The SMILES string of the molecule is CCC1CCC(C(Cc2cc(Br)cs2)NN)CC1. The Morgan fingerprint density at radius 2 is 2.17 bits per heavy atom. The lowest BCUT2D eigenvalue weighted by molar-refractivity contribution is 0.217. The van der Waals surface area contributed by atoms with Gasteiger partial charge in [0, 0.05) is 20.8 Å². The number of rotatable bonds is 5. The molecule has 0 aliphatic heterocycles. The second-order valence-electron chi connectivity index (χ2n) is 5.40. The van der Waals surface area contributed by atoms with Gasteiger partial charge < -0.3 is 0 Å². The van der Waals surface area contributed by atoms with Gasteiger partial charge in [0.1, 0.15) is 0 Å². The van der Waals surface area contributed by atoms with Crippen molar-refractivity contribution in [2.24, 2.45) is 17.7 Å². The van der Waals surface area contributed by atoms with Gasteiger partial charge in [-0.15, -0.1) is 11.3 Å². The van der Waals surface area contributed by atoms with Gasteiger partial charge in [-0.25, -0.2) is 0 Å². The summed E-state index contributed by atoms with van der Waals surface area (Å²) in [7, 11) is 0. The van der Waals surface area contributed by atoms with Gasteiger partial charge in [0.2, 0.25) is 0 Å². The lowest BCUT2D eigenvalue weighted by Crippen LogP contribution is -2.43. The summed E-state index contributed by atoms with van der Waals surface area (Å²) in [5.74, 6) is 7.47. The van der Waals surface area contributed by atoms with E-state index in [-0.39, 0.29) is 0 Å². The van der Waals surface area contributed by atoms with E-state index in [1.54, 1.807) is 0 Å². The van der Waals surface area contributed by atoms with Gasteiger partial charge in [0.05, 0.1) is 0 Å². The first-order chi connectivity index (χ1) is 8.72. The predicted octanol–water partition coefficient (Wildman–Crippen LogP) is 4.10. The van der Waals surface area contributed by atoms with E-state index in [2.05, 4.69) is 39.7 Å². The molecule has 2 rings (SSSR count). The molecular formula is C14H23BrN2S. The second kappa shape index (κ2) is 7.04. The first-order valence-corrected chi connectivity index (χ1v) is 8.59. The molecule has 1 heterocycles. The van der Waals surface area contributed by atoms with E-state index in [1.807, 2.05) is 11.3 Å². The summed E-state index contributed by atoms with van der Waals surface area (Å²) in [5, 5.41) is 2.15. The summed E-state index contributed by atoms with van der Waals surface area (Å²) in [6.07, 6.45) is 7.83. The fraction of sp³-hybridized carbons (Fsp3) is 0.714. The molecule has 0 saturated heterocycles. The van der Waals surface area contributed by atoms with Crippen LogP contribution >= 0.6 is 27.3 Å². The summed E-state index contributed by atoms with van der Waals surface area (Å²) in [4.78, 5) is 1.42. The highest BCUT2D eigenvalue weighted by atomic mass is 79.9. The van der Waals surface area contributed by atoms with Crippen molar-refractivity contribution < 1.29 is 0 Å². The molecule has 0 bridgehead atoms. The predicted molar refractivity (Wildman–Crippen MR) is 82.6 cm³/mol. The number of hydrogen-bond acceptors (Lipinski definition) is 3. The van der Waals surface area contributed by atoms with Gasteiger partial charge in [-0.05, 0) is 53.1 Å². The zero-order chi connectivity index (χ0) is 13.0. The van der Waals surface area contributed by atoms with Crippen LogP contribution in [-0.2, 0) is 6.42 Å². The average molecular weight is 331 g/mol. The van der Waals surface area contributed by atoms with E-state index in [9.17, 15) is 0 Å². The highest BCUT2D eigenvalue weighted by molar-refractivity contribution is 9.10. The third-order valence-corrected chi connectivity index (χ3v) is 6.01. The van der Waals surface area contributed by atoms with Crippen LogP contribution in [0.1, 0.15) is 43.9 Å². The van der Waals surface area contributed by atoms with Crippen molar-refractivity contribution in [3.05, 3.63) is 20.8 Å². The van der Waals surface area contributed by atoms with Crippen LogP contribution in [0.15, 0.2) is 15.9 Å². The van der Waals surface area contributed by atoms with E-state index in [0.29, 0.717) is 6.04 Å². The highest BCUT2D eigenvalue weighted by Gasteiger charge is 2.26. The van der Waals surface area contributed by atoms with Crippen molar-refractivity contribution >= 4 is 27.3 Å². The molecule has 2 nitrogen and oxygen atoms in total. The van der Waals surface area contributed by atoms with Crippen LogP contribution in [0.4, 0.5) is 0 Å². The van der Waals surface area contributed by atoms with Gasteiger partial charge in [0.25, 0.3) is 0 Å². The molecule has 1 atom stereocenters. The molecular weight excluding hydrogens is 308 g/mol. The van der Waals surface area contributed by atoms with Gasteiger partial charge in [0.15, 0.2) is 0 Å². The van der Waals surface area contributed by atoms with Crippen LogP contribution in [0, 0.1) is 11.8 Å². The van der Waals surface area contributed by atoms with Crippen LogP contribution in [0.2, 0.25) is 0 Å². The summed E-state index contributed by atoms with van der Waals surface area (Å²) in [5.41, 5.74) is 3.05. The first kappa shape index (κ1) is 14.5. The molecule has 0 amide bonds. The van der Waals surface area contributed by atoms with Crippen LogP contribution in [-0.4, -0.2) is 6.04 Å². The minimum Gasteiger partial charge on any atom is -0.271 e. The smallest absolute Gasteiger partial charge is 0.0287 e. The van der Waals surface area contributed by atoms with E-state index in [0.717, 1.165) is 18.3 Å². The summed E-state index contributed by atoms with van der Waals surface area (Å²) >= 11 is 5.34. The Balaban J connectivity index is 1.89. The summed E-state index contributed by atoms with van der Waals surface area (Å²) < 4.78 is 1.19. The molecule has 1 unspecified atom stereocenters. The normalized spacial score (nSPS) is 26.2. The first-order valence-electron chi connectivity index (χ1n) is 6.92. The molecule has 1 saturated carbocycles. The minimum atomic E-state index is 0.438. The maximum atomic E-state index is 5.77. The van der Waals surface area contributed by atoms with E-state index < -0.39 is 0 Å². The molecule has 18 heavy (non-hydrogen) atoms. The molecule has 0 radical (unpaired) electrons. The van der Waals surface area contributed by atoms with Crippen molar-refractivity contribution in [1.82, 2.24) is 5.43 Å². The number of thiophene rings is 1. The zero-order valence-corrected chi connectivity index (χ0v) is 13.4. The Kier molecular flexibility index (Phi) is 5.67. The monoisotopic (exact) mass is 330 g/mol. The molecule has 0 spiro atoms. The zero-order valence-electron chi connectivity index (χ0n) is 11.0. The van der Waals surface area contributed by atoms with Crippen molar-refractivity contribution in [3.8, 4) is 0 Å². The molecule has 1 fully saturated rings. The Morgan fingerprint density at radius 1 is 1.44 bits per heavy atom. The van der Waals surface area contributed by atoms with Gasteiger partial charge >= 0.3 is 0 Å². The largest absolute Gasteiger partial charge is 0.271 e.